The molecule has 198 valence electrons. The molecule has 0 aliphatic heterocycles. The third kappa shape index (κ3) is 5.13. The second-order valence-corrected chi connectivity index (χ2v) is 11.6. The van der Waals surface area contributed by atoms with Crippen molar-refractivity contribution in [2.45, 2.75) is 66.2 Å². The zero-order chi connectivity index (χ0) is 27.8. The van der Waals surface area contributed by atoms with E-state index in [0.717, 1.165) is 56.5 Å². The Morgan fingerprint density at radius 3 is 1.11 bits per heavy atom. The number of hydrogen-bond acceptors (Lipinski definition) is 6. The number of aromatic nitrogens is 4. The largest absolute Gasteiger partial charge is 0.493 e. The van der Waals surface area contributed by atoms with Gasteiger partial charge in [-0.2, -0.15) is 0 Å². The highest BCUT2D eigenvalue weighted by molar-refractivity contribution is 5.89. The van der Waals surface area contributed by atoms with Crippen LogP contribution in [0.15, 0.2) is 48.5 Å². The van der Waals surface area contributed by atoms with Crippen LogP contribution in [0.25, 0.3) is 33.9 Å². The van der Waals surface area contributed by atoms with Crippen LogP contribution >= 0.6 is 0 Å². The van der Waals surface area contributed by atoms with E-state index in [1.54, 1.807) is 14.2 Å². The monoisotopic (exact) mass is 510 g/mol. The summed E-state index contributed by atoms with van der Waals surface area (Å²) >= 11 is 0. The molecular formula is C32H38N4O2. The standard InChI is InChI=1S/C32H38N4O2/c1-19-25(37-9)27(31(3,4)5)35-29(33-19)23-17-13-11-15-21(23)22-16-12-14-18-24(22)30-34-20(2)26(38-10)28(36-30)32(6,7)8/h11-18H,1-10H3. The Hall–Kier alpha value is -3.80. The normalized spacial score (nSPS) is 11.9. The van der Waals surface area contributed by atoms with Crippen molar-refractivity contribution in [2.24, 2.45) is 0 Å². The molecule has 2 aromatic heterocycles. The minimum absolute atomic E-state index is 0.210. The predicted molar refractivity (Wildman–Crippen MR) is 154 cm³/mol. The van der Waals surface area contributed by atoms with Crippen molar-refractivity contribution in [2.75, 3.05) is 14.2 Å². The molecule has 0 radical (unpaired) electrons. The van der Waals surface area contributed by atoms with Gasteiger partial charge in [-0.1, -0.05) is 90.1 Å². The Bertz CT molecular complexity index is 1370. The topological polar surface area (TPSA) is 70.0 Å². The highest BCUT2D eigenvalue weighted by Crippen LogP contribution is 2.40. The molecule has 4 rings (SSSR count). The molecule has 0 spiro atoms. The third-order valence-electron chi connectivity index (χ3n) is 6.53. The van der Waals surface area contributed by atoms with Crippen LogP contribution in [-0.2, 0) is 10.8 Å². The van der Waals surface area contributed by atoms with E-state index in [1.807, 2.05) is 38.1 Å². The molecule has 6 heteroatoms. The molecule has 0 bridgehead atoms. The van der Waals surface area contributed by atoms with Crippen LogP contribution in [0.5, 0.6) is 11.5 Å². The highest BCUT2D eigenvalue weighted by Gasteiger charge is 2.27. The average molecular weight is 511 g/mol. The molecule has 0 amide bonds. The van der Waals surface area contributed by atoms with Gasteiger partial charge >= 0.3 is 0 Å². The second-order valence-electron chi connectivity index (χ2n) is 11.6. The van der Waals surface area contributed by atoms with Gasteiger partial charge in [0.2, 0.25) is 0 Å². The maximum Gasteiger partial charge on any atom is 0.162 e. The van der Waals surface area contributed by atoms with Gasteiger partial charge < -0.3 is 9.47 Å². The summed E-state index contributed by atoms with van der Waals surface area (Å²) in [6, 6.07) is 16.5. The van der Waals surface area contributed by atoms with Gasteiger partial charge in [-0.15, -0.1) is 0 Å². The molecule has 2 heterocycles. The summed E-state index contributed by atoms with van der Waals surface area (Å²) < 4.78 is 11.4. The fourth-order valence-electron chi connectivity index (χ4n) is 4.70. The molecule has 6 nitrogen and oxygen atoms in total. The number of benzene rings is 2. The zero-order valence-electron chi connectivity index (χ0n) is 24.2. The summed E-state index contributed by atoms with van der Waals surface area (Å²) in [4.78, 5) is 19.8. The van der Waals surface area contributed by atoms with Crippen LogP contribution in [0, 0.1) is 13.8 Å². The van der Waals surface area contributed by atoms with E-state index in [4.69, 9.17) is 29.4 Å². The first-order valence-corrected chi connectivity index (χ1v) is 12.9. The van der Waals surface area contributed by atoms with Crippen molar-refractivity contribution >= 4 is 0 Å². The lowest BCUT2D eigenvalue weighted by molar-refractivity contribution is 0.386. The van der Waals surface area contributed by atoms with E-state index < -0.39 is 0 Å². The lowest BCUT2D eigenvalue weighted by atomic mass is 9.89. The molecule has 0 saturated carbocycles. The average Bonchev–Trinajstić information content (AvgIpc) is 2.86. The van der Waals surface area contributed by atoms with Gasteiger partial charge in [-0.25, -0.2) is 19.9 Å². The lowest BCUT2D eigenvalue weighted by Crippen LogP contribution is -2.18. The summed E-state index contributed by atoms with van der Waals surface area (Å²) in [6.07, 6.45) is 0. The number of methoxy groups -OCH3 is 2. The third-order valence-corrected chi connectivity index (χ3v) is 6.53. The Morgan fingerprint density at radius 2 is 0.816 bits per heavy atom. The predicted octanol–water partition coefficient (Wildman–Crippen LogP) is 7.50. The van der Waals surface area contributed by atoms with Crippen molar-refractivity contribution in [3.8, 4) is 45.4 Å². The molecule has 0 aliphatic carbocycles. The lowest BCUT2D eigenvalue weighted by Gasteiger charge is -2.23. The van der Waals surface area contributed by atoms with E-state index in [-0.39, 0.29) is 10.8 Å². The highest BCUT2D eigenvalue weighted by atomic mass is 16.5. The van der Waals surface area contributed by atoms with Crippen LogP contribution in [0.4, 0.5) is 0 Å². The summed E-state index contributed by atoms with van der Waals surface area (Å²) in [5.74, 6) is 2.80. The van der Waals surface area contributed by atoms with Crippen molar-refractivity contribution in [1.29, 1.82) is 0 Å². The van der Waals surface area contributed by atoms with Gasteiger partial charge in [-0.3, -0.25) is 0 Å². The van der Waals surface area contributed by atoms with Crippen molar-refractivity contribution in [3.63, 3.8) is 0 Å². The van der Waals surface area contributed by atoms with Crippen molar-refractivity contribution < 1.29 is 9.47 Å². The minimum atomic E-state index is -0.210. The van der Waals surface area contributed by atoms with Gasteiger partial charge in [0.1, 0.15) is 0 Å². The number of rotatable bonds is 5. The summed E-state index contributed by atoms with van der Waals surface area (Å²) in [5, 5.41) is 0. The summed E-state index contributed by atoms with van der Waals surface area (Å²) in [7, 11) is 3.35. The summed E-state index contributed by atoms with van der Waals surface area (Å²) in [5.41, 5.74) is 6.89. The Morgan fingerprint density at radius 1 is 0.500 bits per heavy atom. The second kappa shape index (κ2) is 10.2. The molecule has 0 unspecified atom stereocenters. The van der Waals surface area contributed by atoms with Gasteiger partial charge in [0.25, 0.3) is 0 Å². The van der Waals surface area contributed by atoms with E-state index in [1.165, 1.54) is 0 Å². The molecular weight excluding hydrogens is 472 g/mol. The fourth-order valence-corrected chi connectivity index (χ4v) is 4.70. The maximum absolute atomic E-state index is 5.70. The smallest absolute Gasteiger partial charge is 0.162 e. The SMILES string of the molecule is COc1c(C)nc(-c2ccccc2-c2ccccc2-c2nc(C)c(OC)c(C(C)(C)C)n2)nc1C(C)(C)C. The molecule has 0 atom stereocenters. The molecule has 4 aromatic rings. The van der Waals surface area contributed by atoms with Gasteiger partial charge in [0.05, 0.1) is 37.0 Å². The Balaban J connectivity index is 1.97. The quantitative estimate of drug-likeness (QED) is 0.277. The van der Waals surface area contributed by atoms with E-state index in [2.05, 4.69) is 65.8 Å². The maximum atomic E-state index is 5.70. The zero-order valence-corrected chi connectivity index (χ0v) is 24.2. The molecule has 0 saturated heterocycles. The Kier molecular flexibility index (Phi) is 7.29. The number of aryl methyl sites for hydroxylation is 2. The van der Waals surface area contributed by atoms with E-state index in [9.17, 15) is 0 Å². The fraction of sp³-hybridized carbons (Fsp3) is 0.375. The molecule has 0 fully saturated rings. The van der Waals surface area contributed by atoms with Gasteiger partial charge in [0, 0.05) is 22.0 Å². The van der Waals surface area contributed by atoms with Crippen LogP contribution in [-0.4, -0.2) is 34.2 Å². The summed E-state index contributed by atoms with van der Waals surface area (Å²) in [6.45, 7) is 16.8. The Labute approximate surface area is 226 Å². The minimum Gasteiger partial charge on any atom is -0.493 e. The first kappa shape index (κ1) is 27.2. The first-order valence-electron chi connectivity index (χ1n) is 12.9. The van der Waals surface area contributed by atoms with Gasteiger partial charge in [-0.05, 0) is 25.0 Å². The van der Waals surface area contributed by atoms with Crippen LogP contribution in [0.1, 0.15) is 64.3 Å². The molecule has 0 N–H and O–H groups in total. The first-order chi connectivity index (χ1) is 17.9. The van der Waals surface area contributed by atoms with Gasteiger partial charge in [0.15, 0.2) is 23.1 Å². The van der Waals surface area contributed by atoms with Crippen molar-refractivity contribution in [3.05, 3.63) is 71.3 Å². The molecule has 2 aromatic carbocycles. The van der Waals surface area contributed by atoms with Crippen LogP contribution in [0.2, 0.25) is 0 Å². The number of hydrogen-bond donors (Lipinski definition) is 0. The van der Waals surface area contributed by atoms with Crippen molar-refractivity contribution in [1.82, 2.24) is 19.9 Å². The van der Waals surface area contributed by atoms with Crippen LogP contribution < -0.4 is 9.47 Å². The number of nitrogens with zero attached hydrogens (tertiary/aromatic N) is 4. The van der Waals surface area contributed by atoms with E-state index in [0.29, 0.717) is 11.6 Å². The number of ether oxygens (including phenoxy) is 2. The van der Waals surface area contributed by atoms with E-state index >= 15 is 0 Å². The molecule has 0 aliphatic rings. The van der Waals surface area contributed by atoms with Crippen LogP contribution in [0.3, 0.4) is 0 Å². The molecule has 38 heavy (non-hydrogen) atoms.